The van der Waals surface area contributed by atoms with Crippen LogP contribution in [0.4, 0.5) is 0 Å². The van der Waals surface area contributed by atoms with E-state index in [-0.39, 0.29) is 5.91 Å². The van der Waals surface area contributed by atoms with Gasteiger partial charge in [0.05, 0.1) is 5.69 Å². The van der Waals surface area contributed by atoms with E-state index >= 15 is 0 Å². The number of hydrogen-bond donors (Lipinski definition) is 2. The van der Waals surface area contributed by atoms with Gasteiger partial charge in [-0.15, -0.1) is 0 Å². The van der Waals surface area contributed by atoms with Gasteiger partial charge in [0.2, 0.25) is 5.91 Å². The highest BCUT2D eigenvalue weighted by Crippen LogP contribution is 2.26. The largest absolute Gasteiger partial charge is 0.486 e. The van der Waals surface area contributed by atoms with E-state index in [1.165, 1.54) is 0 Å². The summed E-state index contributed by atoms with van der Waals surface area (Å²) >= 11 is 0. The summed E-state index contributed by atoms with van der Waals surface area (Å²) < 4.78 is 11.2. The van der Waals surface area contributed by atoms with Gasteiger partial charge in [-0.1, -0.05) is 23.4 Å². The molecule has 158 valence electrons. The number of carbonyl (C=O) groups excluding carboxylic acids is 1. The van der Waals surface area contributed by atoms with E-state index < -0.39 is 0 Å². The number of likely N-dealkylation sites (N-methyl/N-ethyl adjacent to an activating group) is 1. The van der Waals surface area contributed by atoms with Crippen LogP contribution in [-0.4, -0.2) is 56.2 Å². The zero-order valence-corrected chi connectivity index (χ0v) is 17.4. The summed E-state index contributed by atoms with van der Waals surface area (Å²) in [5.41, 5.74) is 0.920. The number of rotatable bonds is 10. The molecule has 1 aromatic heterocycles. The van der Waals surface area contributed by atoms with E-state index in [1.807, 2.05) is 50.5 Å². The van der Waals surface area contributed by atoms with Gasteiger partial charge < -0.3 is 24.8 Å². The van der Waals surface area contributed by atoms with Crippen LogP contribution in [0.2, 0.25) is 0 Å². The van der Waals surface area contributed by atoms with Crippen molar-refractivity contribution in [3.63, 3.8) is 0 Å². The second-order valence-corrected chi connectivity index (χ2v) is 7.96. The normalized spacial score (nSPS) is 19.3. The van der Waals surface area contributed by atoms with Gasteiger partial charge in [-0.2, -0.15) is 0 Å². The Morgan fingerprint density at radius 2 is 2.14 bits per heavy atom. The Morgan fingerprint density at radius 3 is 2.93 bits per heavy atom. The second kappa shape index (κ2) is 11.0. The fourth-order valence-electron chi connectivity index (χ4n) is 3.67. The molecule has 1 amide bonds. The van der Waals surface area contributed by atoms with Crippen molar-refractivity contribution in [2.75, 3.05) is 40.3 Å². The van der Waals surface area contributed by atoms with Crippen molar-refractivity contribution in [1.29, 1.82) is 0 Å². The molecule has 1 fully saturated rings. The molecular formula is C22H32N4O3. The van der Waals surface area contributed by atoms with Gasteiger partial charge >= 0.3 is 0 Å². The number of para-hydroxylation sites is 1. The zero-order valence-electron chi connectivity index (χ0n) is 17.4. The predicted molar refractivity (Wildman–Crippen MR) is 112 cm³/mol. The van der Waals surface area contributed by atoms with Crippen LogP contribution in [0, 0.1) is 11.8 Å². The Hall–Kier alpha value is -2.38. The van der Waals surface area contributed by atoms with Crippen LogP contribution in [0.1, 0.15) is 24.3 Å². The Bertz CT molecular complexity index is 748. The van der Waals surface area contributed by atoms with Gasteiger partial charge in [0.25, 0.3) is 0 Å². The molecule has 2 N–H and O–H groups in total. The van der Waals surface area contributed by atoms with E-state index in [4.69, 9.17) is 9.26 Å². The number of ether oxygens (including phenoxy) is 1. The molecule has 0 radical (unpaired) electrons. The van der Waals surface area contributed by atoms with Gasteiger partial charge in [0, 0.05) is 25.6 Å². The Labute approximate surface area is 172 Å². The Kier molecular flexibility index (Phi) is 8.07. The van der Waals surface area contributed by atoms with E-state index in [1.54, 1.807) is 0 Å². The minimum absolute atomic E-state index is 0.140. The van der Waals surface area contributed by atoms with Gasteiger partial charge in [-0.3, -0.25) is 4.79 Å². The quantitative estimate of drug-likeness (QED) is 0.636. The number of carbonyl (C=O) groups is 1. The molecule has 1 saturated heterocycles. The van der Waals surface area contributed by atoms with Crippen molar-refractivity contribution in [2.24, 2.45) is 11.8 Å². The molecule has 7 nitrogen and oxygen atoms in total. The first kappa shape index (κ1) is 21.3. The van der Waals surface area contributed by atoms with E-state index in [9.17, 15) is 4.79 Å². The lowest BCUT2D eigenvalue weighted by Crippen LogP contribution is -2.41. The molecule has 2 heterocycles. The molecule has 3 rings (SSSR count). The zero-order chi connectivity index (χ0) is 20.5. The number of aromatic nitrogens is 1. The van der Waals surface area contributed by atoms with Crippen molar-refractivity contribution in [3.8, 4) is 5.75 Å². The van der Waals surface area contributed by atoms with Gasteiger partial charge in [0.15, 0.2) is 5.76 Å². The number of piperidine rings is 1. The van der Waals surface area contributed by atoms with Gasteiger partial charge in [-0.05, 0) is 64.0 Å². The summed E-state index contributed by atoms with van der Waals surface area (Å²) in [5.74, 6) is 2.39. The highest BCUT2D eigenvalue weighted by atomic mass is 16.5. The average molecular weight is 401 g/mol. The molecular weight excluding hydrogens is 368 g/mol. The molecule has 1 aromatic carbocycles. The van der Waals surface area contributed by atoms with Crippen molar-refractivity contribution in [1.82, 2.24) is 20.7 Å². The fourth-order valence-corrected chi connectivity index (χ4v) is 3.67. The number of nitrogens with one attached hydrogen (secondary N) is 2. The van der Waals surface area contributed by atoms with Crippen molar-refractivity contribution < 1.29 is 14.1 Å². The topological polar surface area (TPSA) is 79.6 Å². The summed E-state index contributed by atoms with van der Waals surface area (Å²) in [5, 5.41) is 10.7. The summed E-state index contributed by atoms with van der Waals surface area (Å²) in [6.45, 7) is 3.76. The molecule has 1 aliphatic rings. The maximum absolute atomic E-state index is 12.3. The van der Waals surface area contributed by atoms with Crippen molar-refractivity contribution in [3.05, 3.63) is 47.9 Å². The van der Waals surface area contributed by atoms with Crippen LogP contribution in [-0.2, 0) is 17.8 Å². The molecule has 0 bridgehead atoms. The first-order valence-electron chi connectivity index (χ1n) is 10.3. The summed E-state index contributed by atoms with van der Waals surface area (Å²) in [6.07, 6.45) is 2.38. The van der Waals surface area contributed by atoms with Gasteiger partial charge in [0.1, 0.15) is 12.4 Å². The van der Waals surface area contributed by atoms with Crippen LogP contribution in [0.15, 0.2) is 40.9 Å². The minimum atomic E-state index is 0.140. The maximum Gasteiger partial charge on any atom is 0.220 e. The Morgan fingerprint density at radius 1 is 1.31 bits per heavy atom. The molecule has 29 heavy (non-hydrogen) atoms. The van der Waals surface area contributed by atoms with E-state index in [0.717, 1.165) is 43.9 Å². The van der Waals surface area contributed by atoms with E-state index in [0.29, 0.717) is 37.2 Å². The lowest BCUT2D eigenvalue weighted by atomic mass is 9.81. The molecule has 0 spiro atoms. The molecule has 1 aliphatic heterocycles. The first-order chi connectivity index (χ1) is 14.1. The molecule has 7 heteroatoms. The van der Waals surface area contributed by atoms with Crippen molar-refractivity contribution >= 4 is 5.91 Å². The molecule has 2 atom stereocenters. The third-order valence-electron chi connectivity index (χ3n) is 5.30. The van der Waals surface area contributed by atoms with Crippen LogP contribution < -0.4 is 15.4 Å². The SMILES string of the molecule is CN(C)CCNC(=O)CC1CCNCC1Cc1cc(COc2ccccc2)on1. The van der Waals surface area contributed by atoms with Crippen molar-refractivity contribution in [2.45, 2.75) is 25.9 Å². The highest BCUT2D eigenvalue weighted by Gasteiger charge is 2.28. The monoisotopic (exact) mass is 400 g/mol. The number of amides is 1. The number of benzene rings is 1. The summed E-state index contributed by atoms with van der Waals surface area (Å²) in [7, 11) is 4.01. The standard InChI is InChI=1S/C22H32N4O3/c1-26(2)11-10-24-22(27)13-17-8-9-23-15-18(17)12-19-14-21(29-25-19)16-28-20-6-4-3-5-7-20/h3-7,14,17-18,23H,8-13,15-16H2,1-2H3,(H,24,27). The smallest absolute Gasteiger partial charge is 0.220 e. The fraction of sp³-hybridized carbons (Fsp3) is 0.545. The molecule has 0 aliphatic carbocycles. The minimum Gasteiger partial charge on any atom is -0.486 e. The summed E-state index contributed by atoms with van der Waals surface area (Å²) in [6, 6.07) is 11.6. The lowest BCUT2D eigenvalue weighted by molar-refractivity contribution is -0.122. The number of hydrogen-bond acceptors (Lipinski definition) is 6. The van der Waals surface area contributed by atoms with Crippen LogP contribution in [0.3, 0.4) is 0 Å². The summed E-state index contributed by atoms with van der Waals surface area (Å²) in [4.78, 5) is 14.4. The van der Waals surface area contributed by atoms with Crippen LogP contribution in [0.25, 0.3) is 0 Å². The van der Waals surface area contributed by atoms with E-state index in [2.05, 4.69) is 20.7 Å². The van der Waals surface area contributed by atoms with Gasteiger partial charge in [-0.25, -0.2) is 0 Å². The third-order valence-corrected chi connectivity index (χ3v) is 5.30. The van der Waals surface area contributed by atoms with Crippen LogP contribution >= 0.6 is 0 Å². The van der Waals surface area contributed by atoms with Crippen LogP contribution in [0.5, 0.6) is 5.75 Å². The molecule has 2 aromatic rings. The lowest BCUT2D eigenvalue weighted by Gasteiger charge is -2.31. The third kappa shape index (κ3) is 7.18. The Balaban J connectivity index is 1.48. The first-order valence-corrected chi connectivity index (χ1v) is 10.3. The highest BCUT2D eigenvalue weighted by molar-refractivity contribution is 5.76. The second-order valence-electron chi connectivity index (χ2n) is 7.96. The molecule has 0 saturated carbocycles. The molecule has 2 unspecified atom stereocenters. The number of nitrogens with zero attached hydrogens (tertiary/aromatic N) is 2. The predicted octanol–water partition coefficient (Wildman–Crippen LogP) is 2.09. The average Bonchev–Trinajstić information content (AvgIpc) is 3.16. The maximum atomic E-state index is 12.3.